The van der Waals surface area contributed by atoms with E-state index in [0.29, 0.717) is 12.8 Å². The van der Waals surface area contributed by atoms with Crippen molar-refractivity contribution in [1.29, 1.82) is 0 Å². The Hall–Kier alpha value is -1.35. The molecule has 0 fully saturated rings. The highest BCUT2D eigenvalue weighted by atomic mass is 32.2. The summed E-state index contributed by atoms with van der Waals surface area (Å²) in [6.07, 6.45) is 38.7. The third kappa shape index (κ3) is 45.6. The average molecular weight is 825 g/mol. The Morgan fingerprint density at radius 3 is 1.21 bits per heavy atom. The molecule has 0 aromatic carbocycles. The first-order valence-corrected chi connectivity index (χ1v) is 25.2. The Balaban J connectivity index is 0. The van der Waals surface area contributed by atoms with Crippen LogP contribution in [0.1, 0.15) is 227 Å². The van der Waals surface area contributed by atoms with Crippen LogP contribution in [0.4, 0.5) is 0 Å². The summed E-state index contributed by atoms with van der Waals surface area (Å²) in [7, 11) is 0. The van der Waals surface area contributed by atoms with Crippen molar-refractivity contribution in [1.82, 2.24) is 10.2 Å². The van der Waals surface area contributed by atoms with Gasteiger partial charge in [-0.05, 0) is 115 Å². The molecule has 0 bridgehead atoms. The number of ether oxygens (including phenoxy) is 2. The van der Waals surface area contributed by atoms with E-state index in [9.17, 15) is 9.59 Å². The number of carbonyl (C=O) groups excluding carboxylic acids is 2. The predicted molar refractivity (Wildman–Crippen MR) is 250 cm³/mol. The van der Waals surface area contributed by atoms with Crippen molar-refractivity contribution in [3.63, 3.8) is 0 Å². The second-order valence-corrected chi connectivity index (χ2v) is 16.8. The molecule has 0 aromatic heterocycles. The molecule has 0 aliphatic rings. The van der Waals surface area contributed by atoms with Gasteiger partial charge in [-0.25, -0.2) is 0 Å². The van der Waals surface area contributed by atoms with Crippen molar-refractivity contribution in [2.24, 2.45) is 0 Å². The zero-order chi connectivity index (χ0) is 42.3. The quantitative estimate of drug-likeness (QED) is 0.0272. The van der Waals surface area contributed by atoms with Gasteiger partial charge in [0.15, 0.2) is 0 Å². The highest BCUT2D eigenvalue weighted by Gasteiger charge is 2.16. The molecule has 57 heavy (non-hydrogen) atoms. The predicted octanol–water partition coefficient (Wildman–Crippen LogP) is 14.4. The summed E-state index contributed by atoms with van der Waals surface area (Å²) in [5, 5.41) is 3.40. The van der Waals surface area contributed by atoms with E-state index in [0.717, 1.165) is 134 Å². The zero-order valence-electron chi connectivity index (χ0n) is 38.3. The third-order valence-corrected chi connectivity index (χ3v) is 11.1. The molecule has 0 aliphatic carbocycles. The maximum atomic E-state index is 12.5. The smallest absolute Gasteiger partial charge is 0.306 e. The van der Waals surface area contributed by atoms with Crippen molar-refractivity contribution in [3.05, 3.63) is 25.3 Å². The first-order chi connectivity index (χ1) is 27.9. The average Bonchev–Trinajstić information content (AvgIpc) is 3.20. The van der Waals surface area contributed by atoms with Crippen molar-refractivity contribution in [3.8, 4) is 0 Å². The maximum absolute atomic E-state index is 12.5. The lowest BCUT2D eigenvalue weighted by Crippen LogP contribution is -2.27. The molecule has 0 rings (SSSR count). The summed E-state index contributed by atoms with van der Waals surface area (Å²) in [5.41, 5.74) is 0. The van der Waals surface area contributed by atoms with E-state index in [1.807, 2.05) is 12.2 Å². The summed E-state index contributed by atoms with van der Waals surface area (Å²) >= 11 is 0.924. The Labute approximate surface area is 359 Å². The van der Waals surface area contributed by atoms with Gasteiger partial charge in [0, 0.05) is 31.7 Å². The van der Waals surface area contributed by atoms with Gasteiger partial charge in [0.1, 0.15) is 12.2 Å². The molecule has 7 nitrogen and oxygen atoms in total. The molecular formula is C49H96N2O5S. The van der Waals surface area contributed by atoms with Gasteiger partial charge >= 0.3 is 11.9 Å². The van der Waals surface area contributed by atoms with E-state index in [-0.39, 0.29) is 24.1 Å². The highest BCUT2D eigenvalue weighted by Crippen LogP contribution is 2.19. The van der Waals surface area contributed by atoms with E-state index in [2.05, 4.69) is 51.1 Å². The SMILES string of the molecule is C=CCCN(CCC=C)CCCSO.CCCCCCCC(CCCCCCC)OC(=O)CCCNCCCC(=O)OC(CCCCCCC)CCCCCCC. The molecule has 0 heterocycles. The van der Waals surface area contributed by atoms with Crippen LogP contribution >= 0.6 is 12.0 Å². The molecule has 0 radical (unpaired) electrons. The van der Waals surface area contributed by atoms with Gasteiger partial charge in [-0.3, -0.25) is 9.59 Å². The largest absolute Gasteiger partial charge is 0.462 e. The fourth-order valence-electron chi connectivity index (χ4n) is 6.99. The number of hydrogen-bond acceptors (Lipinski definition) is 8. The van der Waals surface area contributed by atoms with Crippen molar-refractivity contribution in [2.75, 3.05) is 38.5 Å². The minimum atomic E-state index is -0.0482. The van der Waals surface area contributed by atoms with Crippen LogP contribution in [-0.2, 0) is 19.1 Å². The lowest BCUT2D eigenvalue weighted by atomic mass is 10.0. The molecular weight excluding hydrogens is 729 g/mol. The number of rotatable bonds is 44. The number of hydrogen-bond donors (Lipinski definition) is 2. The van der Waals surface area contributed by atoms with Crippen LogP contribution in [0, 0.1) is 0 Å². The molecule has 0 atom stereocenters. The van der Waals surface area contributed by atoms with Crippen LogP contribution in [0.3, 0.4) is 0 Å². The molecule has 0 aliphatic heterocycles. The Morgan fingerprint density at radius 2 is 0.895 bits per heavy atom. The van der Waals surface area contributed by atoms with Gasteiger partial charge < -0.3 is 24.2 Å². The monoisotopic (exact) mass is 825 g/mol. The number of unbranched alkanes of at least 4 members (excludes halogenated alkanes) is 16. The first kappa shape index (κ1) is 57.7. The van der Waals surface area contributed by atoms with Crippen molar-refractivity contribution in [2.45, 2.75) is 239 Å². The van der Waals surface area contributed by atoms with Gasteiger partial charge in [0.2, 0.25) is 0 Å². The molecule has 2 N–H and O–H groups in total. The highest BCUT2D eigenvalue weighted by molar-refractivity contribution is 7.93. The van der Waals surface area contributed by atoms with Gasteiger partial charge in [0.25, 0.3) is 0 Å². The molecule has 0 unspecified atom stereocenters. The van der Waals surface area contributed by atoms with Crippen LogP contribution in [0.2, 0.25) is 0 Å². The number of esters is 2. The summed E-state index contributed by atoms with van der Waals surface area (Å²) in [5.74, 6) is 0.722. The van der Waals surface area contributed by atoms with E-state index in [4.69, 9.17) is 14.0 Å². The standard InChI is InChI=1S/C38H75NO4.C11H21NOS/c1-5-9-13-17-21-27-35(28-22-18-14-10-6-2)42-37(40)31-25-33-39-34-26-32-38(41)43-36(29-23-19-15-11-7-3)30-24-20-16-12-8-4;1-3-5-8-12(9-6-4-2)10-7-11-14-13/h35-36,39H,5-34H2,1-4H3;3-4,13H,1-2,5-11H2. The van der Waals surface area contributed by atoms with E-state index < -0.39 is 0 Å². The van der Waals surface area contributed by atoms with E-state index in [1.54, 1.807) is 0 Å². The molecule has 8 heteroatoms. The van der Waals surface area contributed by atoms with E-state index in [1.165, 1.54) is 103 Å². The Bertz CT molecular complexity index is 770. The molecule has 0 aromatic rings. The van der Waals surface area contributed by atoms with Gasteiger partial charge in [0.05, 0.1) is 0 Å². The van der Waals surface area contributed by atoms with E-state index >= 15 is 0 Å². The normalized spacial score (nSPS) is 11.2. The third-order valence-electron chi connectivity index (χ3n) is 10.6. The minimum Gasteiger partial charge on any atom is -0.462 e. The Morgan fingerprint density at radius 1 is 0.544 bits per heavy atom. The topological polar surface area (TPSA) is 88.1 Å². The zero-order valence-corrected chi connectivity index (χ0v) is 39.1. The summed E-state index contributed by atoms with van der Waals surface area (Å²) in [4.78, 5) is 27.5. The number of nitrogens with one attached hydrogen (secondary N) is 1. The number of nitrogens with zero attached hydrogens (tertiary/aromatic N) is 1. The lowest BCUT2D eigenvalue weighted by molar-refractivity contribution is -0.150. The molecule has 0 saturated carbocycles. The van der Waals surface area contributed by atoms with Crippen LogP contribution in [-0.4, -0.2) is 72.1 Å². The van der Waals surface area contributed by atoms with Crippen molar-refractivity contribution >= 4 is 24.0 Å². The van der Waals surface area contributed by atoms with Crippen LogP contribution < -0.4 is 5.32 Å². The summed E-state index contributed by atoms with van der Waals surface area (Å²) < 4.78 is 20.4. The minimum absolute atomic E-state index is 0.0482. The maximum Gasteiger partial charge on any atom is 0.306 e. The summed E-state index contributed by atoms with van der Waals surface area (Å²) in [6.45, 7) is 21.1. The molecule has 0 spiro atoms. The van der Waals surface area contributed by atoms with Crippen molar-refractivity contribution < 1.29 is 23.6 Å². The van der Waals surface area contributed by atoms with Gasteiger partial charge in [-0.1, -0.05) is 143 Å². The van der Waals surface area contributed by atoms with Gasteiger partial charge in [-0.15, -0.1) is 13.2 Å². The second kappa shape index (κ2) is 49.0. The number of carbonyl (C=O) groups is 2. The first-order valence-electron chi connectivity index (χ1n) is 24.2. The fourth-order valence-corrected chi connectivity index (χ4v) is 7.25. The fraction of sp³-hybridized carbons (Fsp3) is 0.878. The second-order valence-electron chi connectivity index (χ2n) is 16.2. The molecule has 0 amide bonds. The summed E-state index contributed by atoms with van der Waals surface area (Å²) in [6, 6.07) is 0. The van der Waals surface area contributed by atoms with Crippen LogP contribution in [0.25, 0.3) is 0 Å². The Kier molecular flexibility index (Phi) is 49.7. The van der Waals surface area contributed by atoms with Crippen LogP contribution in [0.15, 0.2) is 25.3 Å². The van der Waals surface area contributed by atoms with Crippen LogP contribution in [0.5, 0.6) is 0 Å². The molecule has 0 saturated heterocycles. The van der Waals surface area contributed by atoms with Gasteiger partial charge in [-0.2, -0.15) is 0 Å². The lowest BCUT2D eigenvalue weighted by Gasteiger charge is -2.20. The molecule has 338 valence electrons.